The first-order valence-corrected chi connectivity index (χ1v) is 14.1. The van der Waals surface area contributed by atoms with Crippen molar-refractivity contribution in [2.45, 2.75) is 35.5 Å². The van der Waals surface area contributed by atoms with Crippen LogP contribution >= 0.6 is 0 Å². The standard InChI is InChI=1S/C27H24F3N3O5S/c1-39(31,35)17-8-6-15(7-9-17)14-2-4-16(5-3-14)24-18(27(28,29)30)10-19-20(33-24)11-23(32-19)38-22-13-37-25-21(34)12-36-26(22)25/h2-11,21-22,25-26,31-32,34H,12-13H2,1H3/t21?,22-,25-,26-,39?/m1/s1. The summed E-state index contributed by atoms with van der Waals surface area (Å²) >= 11 is 0. The number of nitrogens with zero attached hydrogens (tertiary/aromatic N) is 1. The van der Waals surface area contributed by atoms with Crippen LogP contribution in [0.1, 0.15) is 5.56 Å². The van der Waals surface area contributed by atoms with E-state index in [0.717, 1.165) is 17.2 Å². The van der Waals surface area contributed by atoms with E-state index in [1.54, 1.807) is 48.5 Å². The molecule has 8 nitrogen and oxygen atoms in total. The van der Waals surface area contributed by atoms with Crippen LogP contribution in [0, 0.1) is 4.78 Å². The van der Waals surface area contributed by atoms with E-state index in [2.05, 4.69) is 9.97 Å². The van der Waals surface area contributed by atoms with E-state index in [9.17, 15) is 22.5 Å². The first-order chi connectivity index (χ1) is 18.5. The Morgan fingerprint density at radius 1 is 1.00 bits per heavy atom. The van der Waals surface area contributed by atoms with Crippen LogP contribution in [0.25, 0.3) is 33.4 Å². The molecule has 2 aromatic carbocycles. The van der Waals surface area contributed by atoms with Gasteiger partial charge in [0.25, 0.3) is 0 Å². The number of pyridine rings is 1. The van der Waals surface area contributed by atoms with Gasteiger partial charge in [0.2, 0.25) is 0 Å². The van der Waals surface area contributed by atoms with Gasteiger partial charge in [0, 0.05) is 22.8 Å². The Morgan fingerprint density at radius 2 is 1.62 bits per heavy atom. The molecule has 0 radical (unpaired) electrons. The fourth-order valence-electron chi connectivity index (χ4n) is 4.97. The van der Waals surface area contributed by atoms with Gasteiger partial charge in [0.15, 0.2) is 12.0 Å². The van der Waals surface area contributed by atoms with Crippen molar-refractivity contribution in [1.29, 1.82) is 4.78 Å². The third-order valence-electron chi connectivity index (χ3n) is 6.94. The van der Waals surface area contributed by atoms with E-state index in [1.807, 2.05) is 0 Å². The van der Waals surface area contributed by atoms with Gasteiger partial charge in [-0.15, -0.1) is 0 Å². The number of nitrogens with one attached hydrogen (secondary N) is 2. The Morgan fingerprint density at radius 3 is 2.26 bits per heavy atom. The third-order valence-corrected chi connectivity index (χ3v) is 8.11. The molecule has 12 heteroatoms. The Bertz CT molecular complexity index is 1640. The predicted octanol–water partition coefficient (Wildman–Crippen LogP) is 4.86. The highest BCUT2D eigenvalue weighted by Crippen LogP contribution is 2.39. The van der Waals surface area contributed by atoms with Crippen LogP contribution in [-0.2, 0) is 25.4 Å². The predicted molar refractivity (Wildman–Crippen MR) is 137 cm³/mol. The van der Waals surface area contributed by atoms with Gasteiger partial charge < -0.3 is 24.3 Å². The van der Waals surface area contributed by atoms with Gasteiger partial charge in [0.05, 0.1) is 45.2 Å². The Kier molecular flexibility index (Phi) is 6.18. The second-order valence-electron chi connectivity index (χ2n) is 9.71. The molecule has 2 aliphatic heterocycles. The van der Waals surface area contributed by atoms with Gasteiger partial charge in [-0.3, -0.25) is 0 Å². The van der Waals surface area contributed by atoms with E-state index in [1.165, 1.54) is 12.3 Å². The highest BCUT2D eigenvalue weighted by atomic mass is 32.2. The molecular weight excluding hydrogens is 535 g/mol. The number of aliphatic hydroxyl groups excluding tert-OH is 1. The molecule has 2 aromatic heterocycles. The minimum atomic E-state index is -4.65. The minimum Gasteiger partial charge on any atom is -0.470 e. The van der Waals surface area contributed by atoms with Crippen molar-refractivity contribution in [3.05, 3.63) is 66.2 Å². The minimum absolute atomic E-state index is 0.136. The number of hydrogen-bond acceptors (Lipinski definition) is 7. The number of aromatic nitrogens is 2. The number of rotatable bonds is 5. The maximum atomic E-state index is 14.1. The largest absolute Gasteiger partial charge is 0.470 e. The normalized spacial score (nSPS) is 24.5. The number of aliphatic hydroxyl groups is 1. The van der Waals surface area contributed by atoms with E-state index >= 15 is 0 Å². The zero-order valence-corrected chi connectivity index (χ0v) is 21.4. The van der Waals surface area contributed by atoms with Crippen LogP contribution in [0.3, 0.4) is 0 Å². The van der Waals surface area contributed by atoms with Crippen LogP contribution in [0.4, 0.5) is 13.2 Å². The van der Waals surface area contributed by atoms with Gasteiger partial charge >= 0.3 is 6.18 Å². The molecule has 2 saturated heterocycles. The van der Waals surface area contributed by atoms with E-state index in [-0.39, 0.29) is 35.9 Å². The first kappa shape index (κ1) is 25.8. The average Bonchev–Trinajstić information content (AvgIpc) is 3.59. The molecule has 2 aliphatic rings. The summed E-state index contributed by atoms with van der Waals surface area (Å²) in [5.74, 6) is 0.226. The second-order valence-corrected chi connectivity index (χ2v) is 11.9. The monoisotopic (exact) mass is 559 g/mol. The van der Waals surface area contributed by atoms with Crippen molar-refractivity contribution in [3.8, 4) is 28.3 Å². The maximum absolute atomic E-state index is 14.1. The van der Waals surface area contributed by atoms with Crippen molar-refractivity contribution >= 4 is 20.8 Å². The zero-order valence-electron chi connectivity index (χ0n) is 20.6. The van der Waals surface area contributed by atoms with Crippen LogP contribution < -0.4 is 4.74 Å². The third kappa shape index (κ3) is 4.89. The van der Waals surface area contributed by atoms with Crippen LogP contribution in [0.5, 0.6) is 5.88 Å². The molecule has 0 aliphatic carbocycles. The molecular formula is C27H24F3N3O5S. The average molecular weight is 560 g/mol. The summed E-state index contributed by atoms with van der Waals surface area (Å²) in [5.41, 5.74) is 1.18. The molecule has 0 bridgehead atoms. The molecule has 2 fully saturated rings. The molecule has 0 saturated carbocycles. The first-order valence-electron chi connectivity index (χ1n) is 12.1. The van der Waals surface area contributed by atoms with Crippen LogP contribution in [-0.4, -0.2) is 63.2 Å². The number of ether oxygens (including phenoxy) is 3. The fourth-order valence-corrected chi connectivity index (χ4v) is 5.62. The number of H-pyrrole nitrogens is 1. The fraction of sp³-hybridized carbons (Fsp3) is 0.296. The quantitative estimate of drug-likeness (QED) is 0.322. The molecule has 5 atom stereocenters. The number of alkyl halides is 3. The summed E-state index contributed by atoms with van der Waals surface area (Å²) in [6, 6.07) is 15.8. The summed E-state index contributed by atoms with van der Waals surface area (Å²) in [6.07, 6.45) is -5.53. The summed E-state index contributed by atoms with van der Waals surface area (Å²) < 4.78 is 78.9. The van der Waals surface area contributed by atoms with Crippen molar-refractivity contribution in [1.82, 2.24) is 9.97 Å². The van der Waals surface area contributed by atoms with Gasteiger partial charge in [-0.25, -0.2) is 14.0 Å². The molecule has 204 valence electrons. The molecule has 0 spiro atoms. The van der Waals surface area contributed by atoms with Gasteiger partial charge in [-0.05, 0) is 29.3 Å². The van der Waals surface area contributed by atoms with Crippen molar-refractivity contribution in [3.63, 3.8) is 0 Å². The molecule has 4 aromatic rings. The van der Waals surface area contributed by atoms with E-state index < -0.39 is 45.9 Å². The number of fused-ring (bicyclic) bond motifs is 2. The molecule has 4 heterocycles. The van der Waals surface area contributed by atoms with Gasteiger partial charge in [-0.1, -0.05) is 36.4 Å². The lowest BCUT2D eigenvalue weighted by molar-refractivity contribution is -0.137. The topological polar surface area (TPSA) is 118 Å². The molecule has 39 heavy (non-hydrogen) atoms. The Balaban J connectivity index is 1.31. The van der Waals surface area contributed by atoms with Crippen molar-refractivity contribution in [2.75, 3.05) is 19.5 Å². The number of aromatic amines is 1. The molecule has 2 unspecified atom stereocenters. The Hall–Kier alpha value is -3.45. The van der Waals surface area contributed by atoms with Crippen LogP contribution in [0.2, 0.25) is 0 Å². The van der Waals surface area contributed by atoms with Gasteiger partial charge in [0.1, 0.15) is 18.3 Å². The smallest absolute Gasteiger partial charge is 0.418 e. The number of hydrogen-bond donors (Lipinski definition) is 3. The number of benzene rings is 2. The lowest BCUT2D eigenvalue weighted by Crippen LogP contribution is -2.34. The lowest BCUT2D eigenvalue weighted by Gasteiger charge is -2.16. The molecule has 0 amide bonds. The van der Waals surface area contributed by atoms with E-state index in [0.29, 0.717) is 10.4 Å². The second kappa shape index (κ2) is 9.33. The summed E-state index contributed by atoms with van der Waals surface area (Å²) in [7, 11) is -2.84. The Labute approximate surface area is 221 Å². The van der Waals surface area contributed by atoms with E-state index in [4.69, 9.17) is 19.0 Å². The van der Waals surface area contributed by atoms with Crippen LogP contribution in [0.15, 0.2) is 65.6 Å². The number of halogens is 3. The highest BCUT2D eigenvalue weighted by Gasteiger charge is 2.48. The molecule has 6 rings (SSSR count). The van der Waals surface area contributed by atoms with Gasteiger partial charge in [-0.2, -0.15) is 13.2 Å². The molecule has 3 N–H and O–H groups in total. The maximum Gasteiger partial charge on any atom is 0.418 e. The highest BCUT2D eigenvalue weighted by molar-refractivity contribution is 7.91. The lowest BCUT2D eigenvalue weighted by atomic mass is 10.00. The summed E-state index contributed by atoms with van der Waals surface area (Å²) in [4.78, 5) is 7.60. The SMILES string of the molecule is CS(=N)(=O)c1ccc(-c2ccc(-c3nc4cc(O[C@@H]5CO[C@@H]6C(O)CO[C@@H]65)[nH]c4cc3C(F)(F)F)cc2)cc1. The zero-order chi connectivity index (χ0) is 27.5. The summed E-state index contributed by atoms with van der Waals surface area (Å²) in [6.45, 7) is 0.321. The summed E-state index contributed by atoms with van der Waals surface area (Å²) in [5, 5.41) is 9.92. The van der Waals surface area contributed by atoms with Crippen molar-refractivity contribution in [2.24, 2.45) is 0 Å². The van der Waals surface area contributed by atoms with Crippen molar-refractivity contribution < 1.29 is 36.7 Å².